The van der Waals surface area contributed by atoms with Gasteiger partial charge in [-0.15, -0.1) is 0 Å². The van der Waals surface area contributed by atoms with E-state index in [0.717, 1.165) is 6.29 Å². The summed E-state index contributed by atoms with van der Waals surface area (Å²) in [4.78, 5) is 23.9. The number of methoxy groups -OCH3 is 1. The number of carbonyl (C=O) groups is 2. The van der Waals surface area contributed by atoms with Crippen LogP contribution in [0, 0.1) is 0 Å². The average Bonchev–Trinajstić information content (AvgIpc) is 2.89. The number of hydrogen-bond donors (Lipinski definition) is 0. The molecule has 2 aliphatic heterocycles. The molecular formula is C14H15NO5. The maximum atomic E-state index is 11.5. The van der Waals surface area contributed by atoms with E-state index >= 15 is 0 Å². The number of fused-ring (bicyclic) bond motifs is 1. The van der Waals surface area contributed by atoms with Gasteiger partial charge in [-0.1, -0.05) is 0 Å². The molecule has 1 unspecified atom stereocenters. The normalized spacial score (nSPS) is 23.8. The van der Waals surface area contributed by atoms with Crippen LogP contribution in [0.5, 0.6) is 11.5 Å². The summed E-state index contributed by atoms with van der Waals surface area (Å²) >= 11 is 0. The molecule has 1 spiro atoms. The number of benzene rings is 1. The van der Waals surface area contributed by atoms with Crippen molar-refractivity contribution in [3.05, 3.63) is 23.8 Å². The van der Waals surface area contributed by atoms with Gasteiger partial charge in [0.1, 0.15) is 12.9 Å². The monoisotopic (exact) mass is 277 g/mol. The Hall–Kier alpha value is -2.24. The minimum absolute atomic E-state index is 0.354. The largest absolute Gasteiger partial charge is 0.485 e. The highest BCUT2D eigenvalue weighted by molar-refractivity contribution is 5.76. The summed E-state index contributed by atoms with van der Waals surface area (Å²) in [6, 6.07) is 5.06. The molecule has 2 aliphatic rings. The summed E-state index contributed by atoms with van der Waals surface area (Å²) in [5.74, 6) is 1.17. The van der Waals surface area contributed by atoms with E-state index in [9.17, 15) is 9.59 Å². The Morgan fingerprint density at radius 1 is 1.45 bits per heavy atom. The first kappa shape index (κ1) is 12.8. The Morgan fingerprint density at radius 2 is 2.30 bits per heavy atom. The van der Waals surface area contributed by atoms with E-state index in [1.54, 1.807) is 23.1 Å². The van der Waals surface area contributed by atoms with Crippen LogP contribution in [0.15, 0.2) is 18.2 Å². The molecule has 2 heterocycles. The molecular weight excluding hydrogens is 262 g/mol. The van der Waals surface area contributed by atoms with E-state index in [1.165, 1.54) is 7.11 Å². The second-order valence-corrected chi connectivity index (χ2v) is 5.04. The molecule has 6 nitrogen and oxygen atoms in total. The lowest BCUT2D eigenvalue weighted by atomic mass is 10.0. The SMILES string of the molecule is COC(=O)N1CCC2(COc3cc(C=O)ccc3O2)C1. The first-order chi connectivity index (χ1) is 9.65. The van der Waals surface area contributed by atoms with Crippen LogP contribution in [0.2, 0.25) is 0 Å². The van der Waals surface area contributed by atoms with Crippen molar-refractivity contribution in [1.82, 2.24) is 4.90 Å². The molecule has 0 N–H and O–H groups in total. The van der Waals surface area contributed by atoms with E-state index in [0.29, 0.717) is 43.2 Å². The van der Waals surface area contributed by atoms with E-state index in [2.05, 4.69) is 0 Å². The highest BCUT2D eigenvalue weighted by Crippen LogP contribution is 2.39. The van der Waals surface area contributed by atoms with Crippen molar-refractivity contribution >= 4 is 12.4 Å². The molecule has 1 atom stereocenters. The molecule has 1 saturated heterocycles. The van der Waals surface area contributed by atoms with Crippen molar-refractivity contribution in [2.45, 2.75) is 12.0 Å². The molecule has 0 saturated carbocycles. The second kappa shape index (κ2) is 4.70. The molecule has 0 radical (unpaired) electrons. The molecule has 0 aliphatic carbocycles. The van der Waals surface area contributed by atoms with Gasteiger partial charge >= 0.3 is 6.09 Å². The van der Waals surface area contributed by atoms with Crippen molar-refractivity contribution in [1.29, 1.82) is 0 Å². The zero-order valence-electron chi connectivity index (χ0n) is 11.1. The summed E-state index contributed by atoms with van der Waals surface area (Å²) in [5, 5.41) is 0. The summed E-state index contributed by atoms with van der Waals surface area (Å²) < 4.78 is 16.4. The van der Waals surface area contributed by atoms with Gasteiger partial charge in [-0.2, -0.15) is 0 Å². The fourth-order valence-corrected chi connectivity index (χ4v) is 2.60. The van der Waals surface area contributed by atoms with Crippen LogP contribution in [-0.2, 0) is 4.74 Å². The van der Waals surface area contributed by atoms with Crippen LogP contribution in [-0.4, -0.2) is 49.7 Å². The smallest absolute Gasteiger partial charge is 0.409 e. The summed E-state index contributed by atoms with van der Waals surface area (Å²) in [7, 11) is 1.36. The third-order valence-corrected chi connectivity index (χ3v) is 3.67. The Balaban J connectivity index is 1.79. The zero-order valence-corrected chi connectivity index (χ0v) is 11.1. The highest BCUT2D eigenvalue weighted by Gasteiger charge is 2.46. The van der Waals surface area contributed by atoms with Gasteiger partial charge in [-0.05, 0) is 18.2 Å². The van der Waals surface area contributed by atoms with Crippen LogP contribution in [0.3, 0.4) is 0 Å². The van der Waals surface area contributed by atoms with Gasteiger partial charge in [0.05, 0.1) is 13.7 Å². The maximum Gasteiger partial charge on any atom is 0.409 e. The van der Waals surface area contributed by atoms with Crippen LogP contribution in [0.25, 0.3) is 0 Å². The molecule has 0 bridgehead atoms. The minimum atomic E-state index is -0.524. The van der Waals surface area contributed by atoms with Gasteiger partial charge in [0.25, 0.3) is 0 Å². The van der Waals surface area contributed by atoms with Gasteiger partial charge in [-0.25, -0.2) is 4.79 Å². The van der Waals surface area contributed by atoms with Gasteiger partial charge in [-0.3, -0.25) is 4.79 Å². The molecule has 3 rings (SSSR count). The number of rotatable bonds is 1. The second-order valence-electron chi connectivity index (χ2n) is 5.04. The van der Waals surface area contributed by atoms with Crippen molar-refractivity contribution in [3.8, 4) is 11.5 Å². The summed E-state index contributed by atoms with van der Waals surface area (Å²) in [5.41, 5.74) is 0.0232. The van der Waals surface area contributed by atoms with Crippen LogP contribution < -0.4 is 9.47 Å². The fourth-order valence-electron chi connectivity index (χ4n) is 2.60. The van der Waals surface area contributed by atoms with Crippen LogP contribution in [0.1, 0.15) is 16.8 Å². The van der Waals surface area contributed by atoms with Crippen molar-refractivity contribution in [2.24, 2.45) is 0 Å². The number of hydrogen-bond acceptors (Lipinski definition) is 5. The van der Waals surface area contributed by atoms with Crippen molar-refractivity contribution in [2.75, 3.05) is 26.8 Å². The number of carbonyl (C=O) groups excluding carboxylic acids is 2. The number of amides is 1. The van der Waals surface area contributed by atoms with Crippen LogP contribution >= 0.6 is 0 Å². The van der Waals surface area contributed by atoms with E-state index < -0.39 is 5.60 Å². The molecule has 106 valence electrons. The molecule has 6 heteroatoms. The highest BCUT2D eigenvalue weighted by atomic mass is 16.6. The first-order valence-corrected chi connectivity index (χ1v) is 6.40. The van der Waals surface area contributed by atoms with E-state index in [4.69, 9.17) is 14.2 Å². The summed E-state index contributed by atoms with van der Waals surface area (Å²) in [6.07, 6.45) is 1.10. The molecule has 1 aromatic rings. The van der Waals surface area contributed by atoms with Gasteiger partial charge in [0.15, 0.2) is 17.1 Å². The topological polar surface area (TPSA) is 65.1 Å². The molecule has 0 aromatic heterocycles. The number of aldehydes is 1. The fraction of sp³-hybridized carbons (Fsp3) is 0.429. The van der Waals surface area contributed by atoms with E-state index in [-0.39, 0.29) is 6.09 Å². The molecule has 20 heavy (non-hydrogen) atoms. The average molecular weight is 277 g/mol. The Morgan fingerprint density at radius 3 is 3.05 bits per heavy atom. The number of nitrogens with zero attached hydrogens (tertiary/aromatic N) is 1. The third-order valence-electron chi connectivity index (χ3n) is 3.67. The van der Waals surface area contributed by atoms with Gasteiger partial charge in [0, 0.05) is 18.5 Å². The number of likely N-dealkylation sites (tertiary alicyclic amines) is 1. The maximum absolute atomic E-state index is 11.5. The predicted octanol–water partition coefficient (Wildman–Crippen LogP) is 1.48. The lowest BCUT2D eigenvalue weighted by molar-refractivity contribution is -0.000345. The first-order valence-electron chi connectivity index (χ1n) is 6.40. The van der Waals surface area contributed by atoms with Gasteiger partial charge in [0.2, 0.25) is 0 Å². The minimum Gasteiger partial charge on any atom is -0.485 e. The molecule has 1 fully saturated rings. The van der Waals surface area contributed by atoms with Gasteiger partial charge < -0.3 is 19.1 Å². The lowest BCUT2D eigenvalue weighted by Gasteiger charge is -2.35. The lowest BCUT2D eigenvalue weighted by Crippen LogP contribution is -2.47. The standard InChI is InChI=1S/C14H15NO5/c1-18-13(17)15-5-4-14(8-15)9-19-12-6-10(7-16)2-3-11(12)20-14/h2-3,6-7H,4-5,8-9H2,1H3. The number of ether oxygens (including phenoxy) is 3. The van der Waals surface area contributed by atoms with E-state index in [1.807, 2.05) is 0 Å². The quantitative estimate of drug-likeness (QED) is 0.727. The molecule has 1 aromatic carbocycles. The Labute approximate surface area is 116 Å². The van der Waals surface area contributed by atoms with Crippen LogP contribution in [0.4, 0.5) is 4.79 Å². The Bertz CT molecular complexity index is 558. The molecule has 1 amide bonds. The van der Waals surface area contributed by atoms with Crippen molar-refractivity contribution in [3.63, 3.8) is 0 Å². The predicted molar refractivity (Wildman–Crippen MR) is 69.3 cm³/mol. The Kier molecular flexibility index (Phi) is 3.00. The third kappa shape index (κ3) is 2.07. The van der Waals surface area contributed by atoms with Crippen molar-refractivity contribution < 1.29 is 23.8 Å². The zero-order chi connectivity index (χ0) is 14.2. The summed E-state index contributed by atoms with van der Waals surface area (Å²) in [6.45, 7) is 1.38.